The summed E-state index contributed by atoms with van der Waals surface area (Å²) in [4.78, 5) is 16.7. The topological polar surface area (TPSA) is 38.7 Å². The molecule has 0 aromatic heterocycles. The fourth-order valence-electron chi connectivity index (χ4n) is 1.53. The molecule has 0 radical (unpaired) electrons. The highest BCUT2D eigenvalue weighted by atomic mass is 79.9. The van der Waals surface area contributed by atoms with Gasteiger partial charge in [-0.05, 0) is 36.8 Å². The first kappa shape index (κ1) is 14.8. The van der Waals surface area contributed by atoms with Crippen molar-refractivity contribution in [3.8, 4) is 0 Å². The first-order valence-electron chi connectivity index (χ1n) is 5.84. The van der Waals surface area contributed by atoms with Crippen molar-refractivity contribution < 1.29 is 9.63 Å². The van der Waals surface area contributed by atoms with Crippen molar-refractivity contribution in [3.63, 3.8) is 0 Å². The van der Waals surface area contributed by atoms with Gasteiger partial charge in [-0.15, -0.1) is 0 Å². The van der Waals surface area contributed by atoms with E-state index in [0.29, 0.717) is 16.3 Å². The largest absolute Gasteiger partial charge is 0.367 e. The van der Waals surface area contributed by atoms with E-state index in [1.54, 1.807) is 31.2 Å². The molecule has 0 aliphatic heterocycles. The van der Waals surface area contributed by atoms with Crippen molar-refractivity contribution in [1.82, 2.24) is 0 Å². The van der Waals surface area contributed by atoms with Crippen molar-refractivity contribution >= 4 is 39.2 Å². The minimum absolute atomic E-state index is 0.293. The second-order valence-electron chi connectivity index (χ2n) is 4.04. The van der Waals surface area contributed by atoms with E-state index >= 15 is 0 Å². The third-order valence-electron chi connectivity index (χ3n) is 2.62. The normalized spacial score (nSPS) is 11.2. The number of benzene rings is 2. The molecule has 2 rings (SSSR count). The van der Waals surface area contributed by atoms with E-state index in [-0.39, 0.29) is 0 Å². The highest BCUT2D eigenvalue weighted by molar-refractivity contribution is 9.10. The molecule has 0 fully saturated rings. The molecule has 5 heteroatoms. The molecule has 0 heterocycles. The smallest absolute Gasteiger partial charge is 0.312 e. The fourth-order valence-corrected chi connectivity index (χ4v) is 2.01. The summed E-state index contributed by atoms with van der Waals surface area (Å²) in [6.07, 6.45) is 0. The van der Waals surface area contributed by atoms with Gasteiger partial charge in [0.15, 0.2) is 0 Å². The number of hydrogen-bond acceptors (Lipinski definition) is 3. The molecule has 0 N–H and O–H groups in total. The Morgan fingerprint density at radius 3 is 2.45 bits per heavy atom. The monoisotopic (exact) mass is 351 g/mol. The molecule has 0 unspecified atom stereocenters. The van der Waals surface area contributed by atoms with Gasteiger partial charge in [-0.25, -0.2) is 4.79 Å². The number of halogens is 2. The predicted molar refractivity (Wildman–Crippen MR) is 83.2 cm³/mol. The van der Waals surface area contributed by atoms with Gasteiger partial charge in [0, 0.05) is 4.47 Å². The zero-order valence-electron chi connectivity index (χ0n) is 10.6. The van der Waals surface area contributed by atoms with Crippen molar-refractivity contribution in [2.45, 2.75) is 6.92 Å². The van der Waals surface area contributed by atoms with Crippen LogP contribution in [-0.4, -0.2) is 11.7 Å². The maximum Gasteiger partial charge on any atom is 0.367 e. The molecule has 0 bridgehead atoms. The van der Waals surface area contributed by atoms with Gasteiger partial charge in [0.25, 0.3) is 0 Å². The van der Waals surface area contributed by atoms with Crippen molar-refractivity contribution in [2.24, 2.45) is 5.16 Å². The molecule has 0 saturated carbocycles. The van der Waals surface area contributed by atoms with Crippen molar-refractivity contribution in [1.29, 1.82) is 0 Å². The Balaban J connectivity index is 2.11. The number of oxime groups is 1. The van der Waals surface area contributed by atoms with Crippen LogP contribution in [0.1, 0.15) is 22.8 Å². The Morgan fingerprint density at radius 2 is 1.80 bits per heavy atom. The highest BCUT2D eigenvalue weighted by Gasteiger charge is 2.11. The molecule has 20 heavy (non-hydrogen) atoms. The number of nitrogens with zero attached hydrogens (tertiary/aromatic N) is 1. The zero-order valence-corrected chi connectivity index (χ0v) is 13.0. The van der Waals surface area contributed by atoms with Crippen LogP contribution in [0.4, 0.5) is 0 Å². The van der Waals surface area contributed by atoms with E-state index in [4.69, 9.17) is 16.4 Å². The van der Waals surface area contributed by atoms with Crippen LogP contribution in [0, 0.1) is 0 Å². The van der Waals surface area contributed by atoms with Crippen molar-refractivity contribution in [3.05, 3.63) is 69.2 Å². The van der Waals surface area contributed by atoms with Crippen LogP contribution in [0.2, 0.25) is 5.02 Å². The lowest BCUT2D eigenvalue weighted by atomic mass is 10.1. The predicted octanol–water partition coefficient (Wildman–Crippen LogP) is 4.68. The molecule has 3 nitrogen and oxygen atoms in total. The summed E-state index contributed by atoms with van der Waals surface area (Å²) in [6, 6.07) is 14.2. The lowest BCUT2D eigenvalue weighted by Crippen LogP contribution is -2.04. The van der Waals surface area contributed by atoms with E-state index in [2.05, 4.69) is 21.1 Å². The summed E-state index contributed by atoms with van der Waals surface area (Å²) in [5.74, 6) is -0.577. The summed E-state index contributed by atoms with van der Waals surface area (Å²) < 4.78 is 0.974. The summed E-state index contributed by atoms with van der Waals surface area (Å²) in [5, 5.41) is 4.18. The lowest BCUT2D eigenvalue weighted by Gasteiger charge is -2.03. The number of carbonyl (C=O) groups is 1. The third-order valence-corrected chi connectivity index (χ3v) is 3.48. The van der Waals surface area contributed by atoms with Gasteiger partial charge in [-0.3, -0.25) is 0 Å². The summed E-state index contributed by atoms with van der Waals surface area (Å²) in [5.41, 5.74) is 1.78. The molecule has 2 aromatic carbocycles. The van der Waals surface area contributed by atoms with E-state index < -0.39 is 5.97 Å². The average Bonchev–Trinajstić information content (AvgIpc) is 2.45. The van der Waals surface area contributed by atoms with Crippen LogP contribution >= 0.6 is 27.5 Å². The number of carbonyl (C=O) groups excluding carboxylic acids is 1. The van der Waals surface area contributed by atoms with E-state index in [9.17, 15) is 4.79 Å². The molecule has 0 aliphatic rings. The average molecular weight is 353 g/mol. The minimum atomic E-state index is -0.577. The van der Waals surface area contributed by atoms with Crippen molar-refractivity contribution in [2.75, 3.05) is 0 Å². The fraction of sp³-hybridized carbons (Fsp3) is 0.0667. The van der Waals surface area contributed by atoms with E-state index in [1.807, 2.05) is 24.3 Å². The third kappa shape index (κ3) is 3.68. The van der Waals surface area contributed by atoms with E-state index in [1.165, 1.54) is 0 Å². The van der Waals surface area contributed by atoms with Crippen LogP contribution in [0.15, 0.2) is 58.2 Å². The van der Waals surface area contributed by atoms with Gasteiger partial charge in [-0.2, -0.15) is 0 Å². The van der Waals surface area contributed by atoms with Crippen LogP contribution in [-0.2, 0) is 4.84 Å². The Bertz CT molecular complexity index is 653. The maximum absolute atomic E-state index is 11.8. The van der Waals surface area contributed by atoms with Gasteiger partial charge in [-0.1, -0.05) is 57.0 Å². The minimum Gasteiger partial charge on any atom is -0.312 e. The second kappa shape index (κ2) is 6.68. The molecule has 0 amide bonds. The molecule has 0 spiro atoms. The standard InChI is InChI=1S/C15H11BrClNO2/c1-10(11-6-8-12(16)9-7-11)18-20-15(19)13-4-2-3-5-14(13)17/h2-9H,1H3/b18-10+. The first-order valence-corrected chi connectivity index (χ1v) is 7.01. The molecular formula is C15H11BrClNO2. The lowest BCUT2D eigenvalue weighted by molar-refractivity contribution is 0.0516. The first-order chi connectivity index (χ1) is 9.58. The van der Waals surface area contributed by atoms with E-state index in [0.717, 1.165) is 10.0 Å². The van der Waals surface area contributed by atoms with Crippen LogP contribution in [0.3, 0.4) is 0 Å². The summed E-state index contributed by atoms with van der Waals surface area (Å²) in [6.45, 7) is 1.77. The quantitative estimate of drug-likeness (QED) is 0.457. The summed E-state index contributed by atoms with van der Waals surface area (Å²) >= 11 is 9.27. The highest BCUT2D eigenvalue weighted by Crippen LogP contribution is 2.16. The second-order valence-corrected chi connectivity index (χ2v) is 5.37. The van der Waals surface area contributed by atoms with Crippen LogP contribution in [0.25, 0.3) is 0 Å². The molecular weight excluding hydrogens is 342 g/mol. The Labute approximate surface area is 130 Å². The zero-order chi connectivity index (χ0) is 14.5. The maximum atomic E-state index is 11.8. The molecule has 102 valence electrons. The van der Waals surface area contributed by atoms with Gasteiger partial charge in [0.1, 0.15) is 0 Å². The summed E-state index contributed by atoms with van der Waals surface area (Å²) in [7, 11) is 0. The Morgan fingerprint density at radius 1 is 1.15 bits per heavy atom. The van der Waals surface area contributed by atoms with Gasteiger partial charge < -0.3 is 4.84 Å². The molecule has 0 saturated heterocycles. The molecule has 0 aliphatic carbocycles. The number of hydrogen-bond donors (Lipinski definition) is 0. The molecule has 0 atom stereocenters. The van der Waals surface area contributed by atoms with Crippen LogP contribution < -0.4 is 0 Å². The SMILES string of the molecule is C/C(=N\OC(=O)c1ccccc1Cl)c1ccc(Br)cc1. The molecule has 2 aromatic rings. The number of rotatable bonds is 3. The van der Waals surface area contributed by atoms with Gasteiger partial charge >= 0.3 is 5.97 Å². The van der Waals surface area contributed by atoms with Crippen LogP contribution in [0.5, 0.6) is 0 Å². The Kier molecular flexibility index (Phi) is 4.93. The van der Waals surface area contributed by atoms with Gasteiger partial charge in [0.2, 0.25) is 0 Å². The van der Waals surface area contributed by atoms with Gasteiger partial charge in [0.05, 0.1) is 16.3 Å². The Hall–Kier alpha value is -1.65.